The van der Waals surface area contributed by atoms with Gasteiger partial charge in [-0.1, -0.05) is 0 Å². The first-order valence-corrected chi connectivity index (χ1v) is 6.58. The quantitative estimate of drug-likeness (QED) is 0.816. The Kier molecular flexibility index (Phi) is 5.17. The summed E-state index contributed by atoms with van der Waals surface area (Å²) in [5.41, 5.74) is 0. The van der Waals surface area contributed by atoms with Crippen molar-refractivity contribution in [2.45, 2.75) is 6.54 Å². The van der Waals surface area contributed by atoms with E-state index < -0.39 is 0 Å². The summed E-state index contributed by atoms with van der Waals surface area (Å²) in [6.07, 6.45) is 1.65. The first-order chi connectivity index (χ1) is 7.25. The fraction of sp³-hybridized carbons (Fsp3) is 0.333. The fourth-order valence-electron chi connectivity index (χ4n) is 0.978. The molecule has 7 heteroatoms. The second kappa shape index (κ2) is 6.17. The average molecular weight is 322 g/mol. The molecule has 0 saturated carbocycles. The highest BCUT2D eigenvalue weighted by atomic mass is 79.9. The Hall–Kier alpha value is -0.660. The second-order valence-corrected chi connectivity index (χ2v) is 5.20. The van der Waals surface area contributed by atoms with Crippen LogP contribution in [0.15, 0.2) is 27.8 Å². The van der Waals surface area contributed by atoms with Crippen molar-refractivity contribution < 1.29 is 4.42 Å². The van der Waals surface area contributed by atoms with Gasteiger partial charge in [0.25, 0.3) is 0 Å². The van der Waals surface area contributed by atoms with E-state index in [0.29, 0.717) is 6.54 Å². The van der Waals surface area contributed by atoms with E-state index in [2.05, 4.69) is 9.98 Å². The SMILES string of the molecule is Br.CN(C)c1nc(=NCc2ccco2)ss1. The molecule has 0 aliphatic rings. The van der Waals surface area contributed by atoms with Gasteiger partial charge in [0.1, 0.15) is 12.3 Å². The van der Waals surface area contributed by atoms with E-state index in [1.165, 1.54) is 0 Å². The zero-order valence-corrected chi connectivity index (χ0v) is 12.3. The van der Waals surface area contributed by atoms with Crippen molar-refractivity contribution in [3.63, 3.8) is 0 Å². The minimum Gasteiger partial charge on any atom is -0.467 e. The van der Waals surface area contributed by atoms with E-state index in [-0.39, 0.29) is 17.0 Å². The highest BCUT2D eigenvalue weighted by molar-refractivity contribution is 8.93. The molecule has 0 saturated heterocycles. The van der Waals surface area contributed by atoms with Gasteiger partial charge in [-0.25, -0.2) is 4.99 Å². The van der Waals surface area contributed by atoms with Gasteiger partial charge < -0.3 is 9.32 Å². The lowest BCUT2D eigenvalue weighted by atomic mass is 10.5. The lowest BCUT2D eigenvalue weighted by Crippen LogP contribution is -2.10. The van der Waals surface area contributed by atoms with Crippen LogP contribution in [0.4, 0.5) is 5.13 Å². The van der Waals surface area contributed by atoms with Crippen LogP contribution in [-0.4, -0.2) is 19.1 Å². The Labute approximate surface area is 111 Å². The zero-order valence-electron chi connectivity index (χ0n) is 8.91. The number of hydrogen-bond acceptors (Lipinski definition) is 6. The molecule has 4 nitrogen and oxygen atoms in total. The average Bonchev–Trinajstić information content (AvgIpc) is 2.86. The van der Waals surface area contributed by atoms with Crippen LogP contribution in [0.1, 0.15) is 5.76 Å². The summed E-state index contributed by atoms with van der Waals surface area (Å²) in [5.74, 6) is 0.863. The Morgan fingerprint density at radius 1 is 1.44 bits per heavy atom. The molecule has 16 heavy (non-hydrogen) atoms. The topological polar surface area (TPSA) is 41.6 Å². The number of aromatic nitrogens is 1. The maximum absolute atomic E-state index is 5.19. The number of furan rings is 1. The fourth-order valence-corrected chi connectivity index (χ4v) is 2.97. The first-order valence-electron chi connectivity index (χ1n) is 4.43. The lowest BCUT2D eigenvalue weighted by Gasteiger charge is -2.03. The maximum atomic E-state index is 5.19. The standard InChI is InChI=1S/C9H11N3OS2.BrH/c1-12(2)9-11-8(14-15-9)10-6-7-4-3-5-13-7;/h3-5H,6H2,1-2H3;1H. The zero-order chi connectivity index (χ0) is 10.7. The van der Waals surface area contributed by atoms with Crippen LogP contribution in [0.25, 0.3) is 0 Å². The maximum Gasteiger partial charge on any atom is 0.217 e. The smallest absolute Gasteiger partial charge is 0.217 e. The van der Waals surface area contributed by atoms with E-state index in [9.17, 15) is 0 Å². The van der Waals surface area contributed by atoms with Crippen LogP contribution in [0.5, 0.6) is 0 Å². The van der Waals surface area contributed by atoms with E-state index in [4.69, 9.17) is 4.42 Å². The second-order valence-electron chi connectivity index (χ2n) is 3.13. The first kappa shape index (κ1) is 13.4. The van der Waals surface area contributed by atoms with E-state index >= 15 is 0 Å². The Bertz CT molecular complexity index is 475. The molecule has 0 aliphatic carbocycles. The summed E-state index contributed by atoms with van der Waals surface area (Å²) in [6.45, 7) is 0.556. The number of hydrogen-bond donors (Lipinski definition) is 0. The molecule has 0 aromatic carbocycles. The Morgan fingerprint density at radius 3 is 2.81 bits per heavy atom. The van der Waals surface area contributed by atoms with E-state index in [1.807, 2.05) is 31.1 Å². The van der Waals surface area contributed by atoms with Gasteiger partial charge in [-0.3, -0.25) is 0 Å². The third kappa shape index (κ3) is 3.43. The van der Waals surface area contributed by atoms with Crippen molar-refractivity contribution in [3.8, 4) is 0 Å². The number of nitrogens with zero attached hydrogens (tertiary/aromatic N) is 3. The minimum absolute atomic E-state index is 0. The highest BCUT2D eigenvalue weighted by Crippen LogP contribution is 2.15. The summed E-state index contributed by atoms with van der Waals surface area (Å²) in [5, 5.41) is 0.984. The monoisotopic (exact) mass is 321 g/mol. The predicted molar refractivity (Wildman–Crippen MR) is 72.6 cm³/mol. The summed E-state index contributed by atoms with van der Waals surface area (Å²) < 4.78 is 5.19. The van der Waals surface area contributed by atoms with Gasteiger partial charge in [0.2, 0.25) is 4.80 Å². The summed E-state index contributed by atoms with van der Waals surface area (Å²) in [4.78, 5) is 11.5. The molecule has 0 fully saturated rings. The van der Waals surface area contributed by atoms with Gasteiger partial charge in [-0.2, -0.15) is 4.98 Å². The van der Waals surface area contributed by atoms with Gasteiger partial charge in [-0.15, -0.1) is 17.0 Å². The predicted octanol–water partition coefficient (Wildman–Crippen LogP) is 2.54. The van der Waals surface area contributed by atoms with Crippen LogP contribution < -0.4 is 9.70 Å². The molecule has 0 unspecified atom stereocenters. The number of anilines is 1. The Balaban J connectivity index is 0.00000128. The van der Waals surface area contributed by atoms with Crippen LogP contribution in [0.2, 0.25) is 0 Å². The molecular formula is C9H12BrN3OS2. The molecule has 0 spiro atoms. The van der Waals surface area contributed by atoms with Crippen molar-refractivity contribution in [1.82, 2.24) is 4.98 Å². The van der Waals surface area contributed by atoms with Crippen molar-refractivity contribution >= 4 is 42.8 Å². The van der Waals surface area contributed by atoms with Crippen molar-refractivity contribution in [3.05, 3.63) is 29.0 Å². The third-order valence-corrected chi connectivity index (χ3v) is 3.92. The van der Waals surface area contributed by atoms with E-state index in [1.54, 1.807) is 26.9 Å². The van der Waals surface area contributed by atoms with Gasteiger partial charge >= 0.3 is 0 Å². The lowest BCUT2D eigenvalue weighted by molar-refractivity contribution is 0.511. The van der Waals surface area contributed by atoms with Gasteiger partial charge in [0.05, 0.1) is 6.26 Å². The molecule has 88 valence electrons. The summed E-state index contributed by atoms with van der Waals surface area (Å²) >= 11 is 0. The molecule has 0 bridgehead atoms. The molecule has 0 aliphatic heterocycles. The van der Waals surface area contributed by atoms with E-state index in [0.717, 1.165) is 15.7 Å². The number of rotatable bonds is 3. The van der Waals surface area contributed by atoms with Crippen LogP contribution in [0.3, 0.4) is 0 Å². The number of halogens is 1. The van der Waals surface area contributed by atoms with Crippen molar-refractivity contribution in [2.24, 2.45) is 4.99 Å². The van der Waals surface area contributed by atoms with Crippen LogP contribution in [-0.2, 0) is 6.54 Å². The molecule has 0 N–H and O–H groups in total. The van der Waals surface area contributed by atoms with Crippen molar-refractivity contribution in [1.29, 1.82) is 0 Å². The van der Waals surface area contributed by atoms with Gasteiger partial charge in [0, 0.05) is 14.1 Å². The molecule has 2 aromatic heterocycles. The van der Waals surface area contributed by atoms with Gasteiger partial charge in [-0.05, 0) is 32.8 Å². The molecule has 2 rings (SSSR count). The summed E-state index contributed by atoms with van der Waals surface area (Å²) in [6, 6.07) is 3.77. The normalized spacial score (nSPS) is 11.2. The molecule has 0 radical (unpaired) electrons. The largest absolute Gasteiger partial charge is 0.467 e. The molecule has 2 heterocycles. The molecule has 2 aromatic rings. The van der Waals surface area contributed by atoms with Gasteiger partial charge in [0.15, 0.2) is 5.13 Å². The molecule has 0 amide bonds. The van der Waals surface area contributed by atoms with Crippen molar-refractivity contribution in [2.75, 3.05) is 19.0 Å². The highest BCUT2D eigenvalue weighted by Gasteiger charge is 2.00. The minimum atomic E-state index is 0. The third-order valence-electron chi connectivity index (χ3n) is 1.71. The molecule has 0 atom stereocenters. The van der Waals surface area contributed by atoms with Crippen LogP contribution >= 0.6 is 37.7 Å². The van der Waals surface area contributed by atoms with Crippen LogP contribution in [0, 0.1) is 0 Å². The summed E-state index contributed by atoms with van der Waals surface area (Å²) in [7, 11) is 7.16. The Morgan fingerprint density at radius 2 is 2.25 bits per heavy atom. The molecular weight excluding hydrogens is 310 g/mol.